The van der Waals surface area contributed by atoms with E-state index in [0.717, 1.165) is 23.2 Å². The monoisotopic (exact) mass is 244 g/mol. The van der Waals surface area contributed by atoms with Crippen molar-refractivity contribution in [1.82, 2.24) is 4.57 Å². The summed E-state index contributed by atoms with van der Waals surface area (Å²) in [6.45, 7) is 3.95. The van der Waals surface area contributed by atoms with Crippen LogP contribution in [0.5, 0.6) is 0 Å². The molecular weight excluding hydrogens is 227 g/mol. The van der Waals surface area contributed by atoms with Crippen molar-refractivity contribution in [2.24, 2.45) is 0 Å². The Labute approximate surface area is 108 Å². The fourth-order valence-electron chi connectivity index (χ4n) is 2.81. The van der Waals surface area contributed by atoms with Crippen molar-refractivity contribution in [2.75, 3.05) is 19.0 Å². The average molecular weight is 244 g/mol. The van der Waals surface area contributed by atoms with Crippen LogP contribution in [0.4, 0.5) is 5.69 Å². The number of pyridine rings is 1. The summed E-state index contributed by atoms with van der Waals surface area (Å²) in [4.78, 5) is 25.7. The number of carbonyl (C=O) groups is 1. The van der Waals surface area contributed by atoms with Crippen LogP contribution in [0.1, 0.15) is 29.3 Å². The molecule has 4 nitrogen and oxygen atoms in total. The van der Waals surface area contributed by atoms with Crippen molar-refractivity contribution in [3.63, 3.8) is 0 Å². The topological polar surface area (TPSA) is 42.3 Å². The molecular formula is C13H17BN2O2. The van der Waals surface area contributed by atoms with Crippen LogP contribution in [0.15, 0.2) is 4.79 Å². The highest BCUT2D eigenvalue weighted by atomic mass is 16.1. The van der Waals surface area contributed by atoms with Crippen LogP contribution < -0.4 is 10.5 Å². The number of carbonyl (C=O) groups excluding carboxylic acids is 1. The van der Waals surface area contributed by atoms with Crippen LogP contribution in [-0.4, -0.2) is 32.2 Å². The van der Waals surface area contributed by atoms with Crippen LogP contribution in [0, 0.1) is 13.8 Å². The van der Waals surface area contributed by atoms with Gasteiger partial charge in [-0.15, -0.1) is 0 Å². The number of hydrogen-bond donors (Lipinski definition) is 0. The maximum Gasteiger partial charge on any atom is 0.275 e. The number of fused-ring (bicyclic) bond motifs is 1. The summed E-state index contributed by atoms with van der Waals surface area (Å²) >= 11 is 0. The zero-order chi connectivity index (χ0) is 13.6. The van der Waals surface area contributed by atoms with Gasteiger partial charge in [-0.25, -0.2) is 0 Å². The lowest BCUT2D eigenvalue weighted by Gasteiger charge is -2.22. The van der Waals surface area contributed by atoms with E-state index in [-0.39, 0.29) is 5.56 Å². The molecule has 18 heavy (non-hydrogen) atoms. The SMILES string of the molecule is [B]C(=O)[C@@H]1CCc2c(C)c(C)c(N(C)C)c(=O)n21. The van der Waals surface area contributed by atoms with Gasteiger partial charge in [0, 0.05) is 19.8 Å². The first kappa shape index (κ1) is 12.9. The second kappa shape index (κ2) is 4.30. The quantitative estimate of drug-likeness (QED) is 0.719. The van der Waals surface area contributed by atoms with Gasteiger partial charge in [-0.2, -0.15) is 0 Å². The Kier molecular flexibility index (Phi) is 3.09. The molecule has 0 saturated heterocycles. The minimum atomic E-state index is -0.495. The Morgan fingerprint density at radius 1 is 1.33 bits per heavy atom. The Morgan fingerprint density at radius 2 is 1.94 bits per heavy atom. The van der Waals surface area contributed by atoms with Crippen LogP contribution in [-0.2, 0) is 11.2 Å². The Bertz CT molecular complexity index is 575. The molecule has 0 N–H and O–H groups in total. The van der Waals surface area contributed by atoms with Gasteiger partial charge in [-0.3, -0.25) is 4.79 Å². The zero-order valence-corrected chi connectivity index (χ0v) is 11.3. The summed E-state index contributed by atoms with van der Waals surface area (Å²) in [6.07, 6.45) is 1.37. The summed E-state index contributed by atoms with van der Waals surface area (Å²) in [5.74, 6) is 0. The van der Waals surface area contributed by atoms with Crippen molar-refractivity contribution in [3.05, 3.63) is 27.2 Å². The number of nitrogens with zero attached hydrogens (tertiary/aromatic N) is 2. The van der Waals surface area contributed by atoms with Crippen molar-refractivity contribution in [1.29, 1.82) is 0 Å². The van der Waals surface area contributed by atoms with Gasteiger partial charge in [0.05, 0.1) is 11.7 Å². The first-order valence-electron chi connectivity index (χ1n) is 6.07. The molecule has 2 radical (unpaired) electrons. The molecule has 5 heteroatoms. The molecule has 0 spiro atoms. The minimum Gasteiger partial charge on any atom is -0.373 e. The summed E-state index contributed by atoms with van der Waals surface area (Å²) < 4.78 is 1.58. The van der Waals surface area contributed by atoms with Crippen molar-refractivity contribution >= 4 is 19.2 Å². The lowest BCUT2D eigenvalue weighted by atomic mass is 9.93. The van der Waals surface area contributed by atoms with E-state index in [4.69, 9.17) is 7.85 Å². The van der Waals surface area contributed by atoms with E-state index in [1.807, 2.05) is 27.9 Å². The molecule has 0 unspecified atom stereocenters. The van der Waals surface area contributed by atoms with Gasteiger partial charge in [0.2, 0.25) is 0 Å². The molecule has 2 heterocycles. The summed E-state index contributed by atoms with van der Waals surface area (Å²) in [7, 11) is 9.06. The van der Waals surface area contributed by atoms with E-state index >= 15 is 0 Å². The molecule has 1 aromatic heterocycles. The molecule has 1 aliphatic rings. The number of aromatic nitrogens is 1. The third-order valence-corrected chi connectivity index (χ3v) is 3.80. The average Bonchev–Trinajstić information content (AvgIpc) is 2.70. The lowest BCUT2D eigenvalue weighted by molar-refractivity contribution is -0.114. The van der Waals surface area contributed by atoms with Crippen LogP contribution in [0.2, 0.25) is 0 Å². The van der Waals surface area contributed by atoms with Gasteiger partial charge in [-0.1, -0.05) is 0 Å². The second-order valence-corrected chi connectivity index (χ2v) is 5.07. The number of rotatable bonds is 2. The van der Waals surface area contributed by atoms with Gasteiger partial charge in [0.15, 0.2) is 7.85 Å². The van der Waals surface area contributed by atoms with E-state index in [1.165, 1.54) is 0 Å². The second-order valence-electron chi connectivity index (χ2n) is 5.07. The number of anilines is 1. The highest BCUT2D eigenvalue weighted by Crippen LogP contribution is 2.30. The first-order chi connectivity index (χ1) is 8.36. The van der Waals surface area contributed by atoms with Gasteiger partial charge < -0.3 is 14.3 Å². The maximum absolute atomic E-state index is 12.5. The first-order valence-corrected chi connectivity index (χ1v) is 6.07. The molecule has 1 aliphatic heterocycles. The van der Waals surface area contributed by atoms with Gasteiger partial charge in [0.1, 0.15) is 5.69 Å². The van der Waals surface area contributed by atoms with E-state index in [9.17, 15) is 9.59 Å². The van der Waals surface area contributed by atoms with Gasteiger partial charge in [0.25, 0.3) is 5.56 Å². The van der Waals surface area contributed by atoms with E-state index in [0.29, 0.717) is 12.1 Å². The van der Waals surface area contributed by atoms with Gasteiger partial charge in [-0.05, 0) is 37.8 Å². The maximum atomic E-state index is 12.5. The van der Waals surface area contributed by atoms with E-state index in [1.54, 1.807) is 9.47 Å². The van der Waals surface area contributed by atoms with E-state index in [2.05, 4.69) is 0 Å². The summed E-state index contributed by atoms with van der Waals surface area (Å²) in [5, 5.41) is 0. The summed E-state index contributed by atoms with van der Waals surface area (Å²) in [5.41, 5.74) is 3.13. The van der Waals surface area contributed by atoms with Crippen molar-refractivity contribution < 1.29 is 4.79 Å². The molecule has 0 aromatic carbocycles. The molecule has 0 amide bonds. The van der Waals surface area contributed by atoms with Crippen LogP contribution >= 0.6 is 0 Å². The third-order valence-electron chi connectivity index (χ3n) is 3.80. The molecule has 0 saturated carbocycles. The minimum absolute atomic E-state index is 0.112. The predicted molar refractivity (Wildman–Crippen MR) is 72.6 cm³/mol. The Hall–Kier alpha value is -1.52. The molecule has 1 aromatic rings. The molecule has 94 valence electrons. The van der Waals surface area contributed by atoms with Gasteiger partial charge >= 0.3 is 0 Å². The summed E-state index contributed by atoms with van der Waals surface area (Å²) in [6, 6.07) is -0.495. The third kappa shape index (κ3) is 1.69. The Morgan fingerprint density at radius 3 is 2.44 bits per heavy atom. The van der Waals surface area contributed by atoms with Crippen LogP contribution in [0.25, 0.3) is 0 Å². The largest absolute Gasteiger partial charge is 0.373 e. The van der Waals surface area contributed by atoms with Crippen molar-refractivity contribution in [2.45, 2.75) is 32.7 Å². The smallest absolute Gasteiger partial charge is 0.275 e. The lowest BCUT2D eigenvalue weighted by Crippen LogP contribution is -2.33. The fraction of sp³-hybridized carbons (Fsp3) is 0.538. The van der Waals surface area contributed by atoms with Crippen molar-refractivity contribution in [3.8, 4) is 0 Å². The highest BCUT2D eigenvalue weighted by molar-refractivity contribution is 6.58. The number of hydrogen-bond acceptors (Lipinski definition) is 3. The molecule has 2 rings (SSSR count). The van der Waals surface area contributed by atoms with Crippen LogP contribution in [0.3, 0.4) is 0 Å². The van der Waals surface area contributed by atoms with E-state index < -0.39 is 11.7 Å². The predicted octanol–water partition coefficient (Wildman–Crippen LogP) is 0.714. The molecule has 0 aliphatic carbocycles. The molecule has 0 bridgehead atoms. The zero-order valence-electron chi connectivity index (χ0n) is 11.3. The molecule has 1 atom stereocenters. The normalized spacial score (nSPS) is 17.7. The highest BCUT2D eigenvalue weighted by Gasteiger charge is 2.30. The fourth-order valence-corrected chi connectivity index (χ4v) is 2.81. The molecule has 0 fully saturated rings. The standard InChI is InChI=1S/C13H17BN2O2/c1-7-8(2)11(15(3)4)13(18)16-9(7)5-6-10(16)12(14)17/h10H,5-6H2,1-4H3/t10-/m0/s1. The Balaban J connectivity index is 2.79.